The van der Waals surface area contributed by atoms with E-state index in [-0.39, 0.29) is 24.1 Å². The molecule has 0 amide bonds. The van der Waals surface area contributed by atoms with Crippen LogP contribution in [-0.4, -0.2) is 23.8 Å². The molecule has 1 aliphatic carbocycles. The van der Waals surface area contributed by atoms with Crippen molar-refractivity contribution in [3.63, 3.8) is 0 Å². The van der Waals surface area contributed by atoms with E-state index in [4.69, 9.17) is 14.5 Å². The third-order valence-electron chi connectivity index (χ3n) is 2.49. The van der Waals surface area contributed by atoms with Crippen molar-refractivity contribution in [2.24, 2.45) is 5.92 Å². The number of fused-ring (bicyclic) bond motifs is 2. The van der Waals surface area contributed by atoms with E-state index in [1.165, 1.54) is 0 Å². The minimum absolute atomic E-state index is 0.0881. The molecule has 0 spiro atoms. The minimum Gasteiger partial charge on any atom is -0.460 e. The molecule has 0 N–H and O–H groups in total. The van der Waals surface area contributed by atoms with Gasteiger partial charge in [-0.3, -0.25) is 4.79 Å². The van der Waals surface area contributed by atoms with Crippen LogP contribution < -0.4 is 0 Å². The smallest absolute Gasteiger partial charge is 0.312 e. The van der Waals surface area contributed by atoms with Crippen LogP contribution in [-0.2, 0) is 19.3 Å². The fourth-order valence-corrected chi connectivity index (χ4v) is 1.91. The lowest BCUT2D eigenvalue weighted by molar-refractivity contribution is -0.326. The molecule has 0 radical (unpaired) electrons. The zero-order chi connectivity index (χ0) is 10.3. The van der Waals surface area contributed by atoms with Gasteiger partial charge in [0.2, 0.25) is 0 Å². The van der Waals surface area contributed by atoms with Gasteiger partial charge < -0.3 is 4.74 Å². The van der Waals surface area contributed by atoms with Crippen molar-refractivity contribution in [3.8, 4) is 0 Å². The molecule has 2 aliphatic rings. The third kappa shape index (κ3) is 1.91. The molecule has 0 aromatic carbocycles. The average molecular weight is 200 g/mol. The van der Waals surface area contributed by atoms with Gasteiger partial charge >= 0.3 is 5.97 Å². The summed E-state index contributed by atoms with van der Waals surface area (Å²) in [5, 5.41) is 0. The summed E-state index contributed by atoms with van der Waals surface area (Å²) in [5.74, 6) is -0.290. The summed E-state index contributed by atoms with van der Waals surface area (Å²) in [6.07, 6.45) is 1.57. The molecule has 14 heavy (non-hydrogen) atoms. The van der Waals surface area contributed by atoms with E-state index >= 15 is 0 Å². The van der Waals surface area contributed by atoms with E-state index in [0.29, 0.717) is 0 Å². The van der Waals surface area contributed by atoms with Crippen LogP contribution in [0.5, 0.6) is 0 Å². The van der Waals surface area contributed by atoms with Crippen molar-refractivity contribution in [1.82, 2.24) is 0 Å². The van der Waals surface area contributed by atoms with E-state index in [9.17, 15) is 4.79 Å². The summed E-state index contributed by atoms with van der Waals surface area (Å²) < 4.78 is 5.30. The normalized spacial score (nSPS) is 36.1. The second-order valence-corrected chi connectivity index (χ2v) is 4.96. The maximum absolute atomic E-state index is 11.7. The van der Waals surface area contributed by atoms with Gasteiger partial charge in [0, 0.05) is 6.42 Å². The first-order valence-corrected chi connectivity index (χ1v) is 5.01. The van der Waals surface area contributed by atoms with Gasteiger partial charge in [0.25, 0.3) is 0 Å². The first-order valence-electron chi connectivity index (χ1n) is 5.01. The van der Waals surface area contributed by atoms with Crippen molar-refractivity contribution in [2.75, 3.05) is 0 Å². The fraction of sp³-hybridized carbons (Fsp3) is 0.900. The third-order valence-corrected chi connectivity index (χ3v) is 2.49. The monoisotopic (exact) mass is 200 g/mol. The Balaban J connectivity index is 1.93. The van der Waals surface area contributed by atoms with Gasteiger partial charge in [0.05, 0.1) is 12.0 Å². The molecule has 1 heterocycles. The van der Waals surface area contributed by atoms with Crippen molar-refractivity contribution < 1.29 is 19.3 Å². The predicted molar refractivity (Wildman–Crippen MR) is 48.3 cm³/mol. The molecule has 1 aliphatic heterocycles. The van der Waals surface area contributed by atoms with Gasteiger partial charge in [0.1, 0.15) is 11.7 Å². The van der Waals surface area contributed by atoms with E-state index in [0.717, 1.165) is 12.8 Å². The topological polar surface area (TPSA) is 44.8 Å². The van der Waals surface area contributed by atoms with Gasteiger partial charge in [-0.15, -0.1) is 0 Å². The van der Waals surface area contributed by atoms with Crippen molar-refractivity contribution in [3.05, 3.63) is 0 Å². The predicted octanol–water partition coefficient (Wildman–Crippen LogP) is 1.44. The Morgan fingerprint density at radius 2 is 2.00 bits per heavy atom. The van der Waals surface area contributed by atoms with Crippen LogP contribution in [0, 0.1) is 5.92 Å². The highest BCUT2D eigenvalue weighted by Crippen LogP contribution is 2.38. The van der Waals surface area contributed by atoms with Gasteiger partial charge in [-0.05, 0) is 27.2 Å². The molecular weight excluding hydrogens is 184 g/mol. The molecule has 4 nitrogen and oxygen atoms in total. The first kappa shape index (κ1) is 9.93. The lowest BCUT2D eigenvalue weighted by Gasteiger charge is -2.25. The Hall–Kier alpha value is -0.610. The number of carbonyl (C=O) groups is 1. The van der Waals surface area contributed by atoms with Crippen molar-refractivity contribution in [1.29, 1.82) is 0 Å². The number of rotatable bonds is 1. The summed E-state index contributed by atoms with van der Waals surface area (Å²) in [5.41, 5.74) is -0.417. The summed E-state index contributed by atoms with van der Waals surface area (Å²) in [6, 6.07) is 0. The maximum Gasteiger partial charge on any atom is 0.312 e. The molecule has 80 valence electrons. The molecule has 2 rings (SSSR count). The molecule has 2 bridgehead atoms. The highest BCUT2D eigenvalue weighted by molar-refractivity contribution is 5.74. The van der Waals surface area contributed by atoms with Gasteiger partial charge in [-0.1, -0.05) is 0 Å². The fourth-order valence-electron chi connectivity index (χ4n) is 1.91. The van der Waals surface area contributed by atoms with Gasteiger partial charge in [-0.25, -0.2) is 9.78 Å². The van der Waals surface area contributed by atoms with Gasteiger partial charge in [-0.2, -0.15) is 0 Å². The summed E-state index contributed by atoms with van der Waals surface area (Å²) in [6.45, 7) is 5.61. The summed E-state index contributed by atoms with van der Waals surface area (Å²) >= 11 is 0. The van der Waals surface area contributed by atoms with Crippen molar-refractivity contribution >= 4 is 5.97 Å². The molecule has 3 unspecified atom stereocenters. The Labute approximate surface area is 83.4 Å². The highest BCUT2D eigenvalue weighted by atomic mass is 17.2. The minimum atomic E-state index is -0.417. The van der Waals surface area contributed by atoms with E-state index in [1.807, 2.05) is 20.8 Å². The number of carbonyl (C=O) groups excluding carboxylic acids is 1. The number of esters is 1. The molecule has 2 fully saturated rings. The largest absolute Gasteiger partial charge is 0.460 e. The molecule has 1 saturated heterocycles. The highest BCUT2D eigenvalue weighted by Gasteiger charge is 2.48. The number of ether oxygens (including phenoxy) is 1. The summed E-state index contributed by atoms with van der Waals surface area (Å²) in [7, 11) is 0. The summed E-state index contributed by atoms with van der Waals surface area (Å²) in [4.78, 5) is 21.6. The van der Waals surface area contributed by atoms with E-state index < -0.39 is 5.60 Å². The Bertz CT molecular complexity index is 243. The van der Waals surface area contributed by atoms with Crippen molar-refractivity contribution in [2.45, 2.75) is 51.4 Å². The number of hydrogen-bond acceptors (Lipinski definition) is 4. The lowest BCUT2D eigenvalue weighted by Crippen LogP contribution is -2.34. The molecule has 4 heteroatoms. The van der Waals surface area contributed by atoms with Crippen LogP contribution in [0.2, 0.25) is 0 Å². The lowest BCUT2D eigenvalue weighted by atomic mass is 10.1. The Morgan fingerprint density at radius 3 is 2.43 bits per heavy atom. The van der Waals surface area contributed by atoms with Crippen LogP contribution >= 0.6 is 0 Å². The second kappa shape index (κ2) is 3.21. The van der Waals surface area contributed by atoms with Crippen LogP contribution in [0.4, 0.5) is 0 Å². The number of hydrogen-bond donors (Lipinski definition) is 0. The average Bonchev–Trinajstić information content (AvgIpc) is 2.59. The van der Waals surface area contributed by atoms with Crippen LogP contribution in [0.1, 0.15) is 33.6 Å². The van der Waals surface area contributed by atoms with Crippen LogP contribution in [0.15, 0.2) is 0 Å². The SMILES string of the molecule is CC(C)(C)OC(=O)C1CC2CC1OO2. The zero-order valence-electron chi connectivity index (χ0n) is 8.78. The molecule has 0 aromatic heterocycles. The molecule has 3 atom stereocenters. The first-order chi connectivity index (χ1) is 6.46. The molecule has 0 aromatic rings. The standard InChI is InChI=1S/C10H16O4/c1-10(2,3)12-9(11)7-4-6-5-8(7)14-13-6/h6-8H,4-5H2,1-3H3. The van der Waals surface area contributed by atoms with Crippen LogP contribution in [0.25, 0.3) is 0 Å². The van der Waals surface area contributed by atoms with E-state index in [1.54, 1.807) is 0 Å². The quantitative estimate of drug-likeness (QED) is 0.474. The molecule has 1 saturated carbocycles. The Morgan fingerprint density at radius 1 is 1.29 bits per heavy atom. The molecular formula is C10H16O4. The zero-order valence-corrected chi connectivity index (χ0v) is 8.78. The van der Waals surface area contributed by atoms with Crippen LogP contribution in [0.3, 0.4) is 0 Å². The maximum atomic E-state index is 11.7. The van der Waals surface area contributed by atoms with E-state index in [2.05, 4.69) is 0 Å². The Kier molecular flexibility index (Phi) is 2.27. The second-order valence-electron chi connectivity index (χ2n) is 4.96. The van der Waals surface area contributed by atoms with Gasteiger partial charge in [0.15, 0.2) is 0 Å².